The molecule has 30 heavy (non-hydrogen) atoms. The van der Waals surface area contributed by atoms with Crippen LogP contribution in [-0.4, -0.2) is 33.0 Å². The maximum absolute atomic E-state index is 10.2. The standard InChI is InChI=1S/C25H26O5/c1-15-21(26)11-10-19-24(16-5-8-18(27-2)9-6-16)20(14-30-25(15)19)17-7-12-22(28-3)23(13-17)29-4/h5-13,20,24,26H,14H2,1-4H3/t20-,24-/m0/s1. The van der Waals surface area contributed by atoms with Crippen LogP contribution in [0.1, 0.15) is 34.1 Å². The van der Waals surface area contributed by atoms with E-state index in [4.69, 9.17) is 18.9 Å². The first-order chi connectivity index (χ1) is 14.6. The summed E-state index contributed by atoms with van der Waals surface area (Å²) in [5.41, 5.74) is 4.08. The Morgan fingerprint density at radius 2 is 1.53 bits per heavy atom. The van der Waals surface area contributed by atoms with Gasteiger partial charge < -0.3 is 24.1 Å². The van der Waals surface area contributed by atoms with Crippen LogP contribution in [0.5, 0.6) is 28.7 Å². The van der Waals surface area contributed by atoms with Crippen LogP contribution in [0, 0.1) is 6.92 Å². The molecule has 2 atom stereocenters. The molecule has 1 aliphatic heterocycles. The number of rotatable bonds is 5. The first-order valence-corrected chi connectivity index (χ1v) is 9.88. The zero-order valence-electron chi connectivity index (χ0n) is 17.6. The van der Waals surface area contributed by atoms with Gasteiger partial charge in [-0.25, -0.2) is 0 Å². The molecule has 3 aromatic rings. The molecule has 5 nitrogen and oxygen atoms in total. The number of phenolic OH excluding ortho intramolecular Hbond substituents is 1. The third-order valence-electron chi connectivity index (χ3n) is 5.86. The monoisotopic (exact) mass is 406 g/mol. The average Bonchev–Trinajstić information content (AvgIpc) is 2.80. The fraction of sp³-hybridized carbons (Fsp3) is 0.280. The minimum absolute atomic E-state index is 0.0528. The fourth-order valence-electron chi connectivity index (χ4n) is 4.22. The number of ether oxygens (including phenoxy) is 4. The summed E-state index contributed by atoms with van der Waals surface area (Å²) in [4.78, 5) is 0. The molecule has 0 amide bonds. The van der Waals surface area contributed by atoms with Crippen molar-refractivity contribution >= 4 is 0 Å². The molecule has 4 rings (SSSR count). The zero-order valence-corrected chi connectivity index (χ0v) is 17.6. The smallest absolute Gasteiger partial charge is 0.160 e. The van der Waals surface area contributed by atoms with E-state index in [0.717, 1.165) is 33.8 Å². The highest BCUT2D eigenvalue weighted by Gasteiger charge is 2.35. The minimum atomic E-state index is 0.0528. The SMILES string of the molecule is COc1ccc([C@H]2c3ccc(O)c(C)c3OC[C@H]2c2ccc(OC)c(OC)c2)cc1. The molecule has 0 bridgehead atoms. The van der Waals surface area contributed by atoms with Crippen LogP contribution >= 0.6 is 0 Å². The average molecular weight is 406 g/mol. The molecule has 1 heterocycles. The Morgan fingerprint density at radius 3 is 2.20 bits per heavy atom. The Labute approximate surface area is 176 Å². The normalized spacial score (nSPS) is 17.6. The molecular weight excluding hydrogens is 380 g/mol. The summed E-state index contributed by atoms with van der Waals surface area (Å²) in [7, 11) is 4.94. The summed E-state index contributed by atoms with van der Waals surface area (Å²) in [5, 5.41) is 10.2. The molecule has 3 aromatic carbocycles. The third kappa shape index (κ3) is 3.41. The van der Waals surface area contributed by atoms with Crippen molar-refractivity contribution < 1.29 is 24.1 Å². The van der Waals surface area contributed by atoms with Crippen LogP contribution in [-0.2, 0) is 0 Å². The van der Waals surface area contributed by atoms with Crippen LogP contribution in [0.15, 0.2) is 54.6 Å². The van der Waals surface area contributed by atoms with E-state index in [1.807, 2.05) is 37.3 Å². The lowest BCUT2D eigenvalue weighted by atomic mass is 9.75. The quantitative estimate of drug-likeness (QED) is 0.644. The van der Waals surface area contributed by atoms with Gasteiger partial charge in [-0.15, -0.1) is 0 Å². The second-order valence-electron chi connectivity index (χ2n) is 7.41. The van der Waals surface area contributed by atoms with Crippen LogP contribution in [0.4, 0.5) is 0 Å². The number of hydrogen-bond donors (Lipinski definition) is 1. The van der Waals surface area contributed by atoms with Gasteiger partial charge >= 0.3 is 0 Å². The lowest BCUT2D eigenvalue weighted by Crippen LogP contribution is -2.26. The van der Waals surface area contributed by atoms with Crippen LogP contribution in [0.25, 0.3) is 0 Å². The summed E-state index contributed by atoms with van der Waals surface area (Å²) in [6, 6.07) is 17.8. The van der Waals surface area contributed by atoms with Gasteiger partial charge in [-0.05, 0) is 48.4 Å². The lowest BCUT2D eigenvalue weighted by molar-refractivity contribution is 0.245. The van der Waals surface area contributed by atoms with Gasteiger partial charge in [0.1, 0.15) is 17.2 Å². The Morgan fingerprint density at radius 1 is 0.833 bits per heavy atom. The Hall–Kier alpha value is -3.34. The molecule has 0 fully saturated rings. The predicted molar refractivity (Wildman–Crippen MR) is 115 cm³/mol. The molecule has 0 saturated heterocycles. The lowest BCUT2D eigenvalue weighted by Gasteiger charge is -2.35. The van der Waals surface area contributed by atoms with Crippen LogP contribution in [0.3, 0.4) is 0 Å². The summed E-state index contributed by atoms with van der Waals surface area (Å²) in [5.74, 6) is 3.32. The largest absolute Gasteiger partial charge is 0.508 e. The van der Waals surface area contributed by atoms with Crippen molar-refractivity contribution in [2.24, 2.45) is 0 Å². The second-order valence-corrected chi connectivity index (χ2v) is 7.41. The molecule has 5 heteroatoms. The highest BCUT2D eigenvalue weighted by atomic mass is 16.5. The summed E-state index contributed by atoms with van der Waals surface area (Å²) < 4.78 is 22.4. The summed E-state index contributed by atoms with van der Waals surface area (Å²) >= 11 is 0. The molecule has 0 saturated carbocycles. The van der Waals surface area contributed by atoms with E-state index in [1.54, 1.807) is 27.4 Å². The molecule has 0 radical (unpaired) electrons. The number of phenols is 1. The van der Waals surface area contributed by atoms with Crippen molar-refractivity contribution in [3.8, 4) is 28.7 Å². The Bertz CT molecular complexity index is 1040. The van der Waals surface area contributed by atoms with Crippen molar-refractivity contribution in [1.29, 1.82) is 0 Å². The van der Waals surface area contributed by atoms with Gasteiger partial charge in [0.25, 0.3) is 0 Å². The molecule has 0 aromatic heterocycles. The van der Waals surface area contributed by atoms with Gasteiger partial charge in [-0.3, -0.25) is 0 Å². The van der Waals surface area contributed by atoms with E-state index in [2.05, 4.69) is 18.2 Å². The Balaban J connectivity index is 1.85. The first-order valence-electron chi connectivity index (χ1n) is 9.88. The maximum atomic E-state index is 10.2. The first kappa shape index (κ1) is 20.0. The zero-order chi connectivity index (χ0) is 21.3. The molecule has 1 aliphatic rings. The van der Waals surface area contributed by atoms with Crippen LogP contribution in [0.2, 0.25) is 0 Å². The molecule has 156 valence electrons. The third-order valence-corrected chi connectivity index (χ3v) is 5.86. The van der Waals surface area contributed by atoms with E-state index in [1.165, 1.54) is 0 Å². The van der Waals surface area contributed by atoms with Gasteiger partial charge in [0.15, 0.2) is 11.5 Å². The van der Waals surface area contributed by atoms with Gasteiger partial charge in [0.2, 0.25) is 0 Å². The summed E-state index contributed by atoms with van der Waals surface area (Å²) in [6.45, 7) is 2.37. The number of aromatic hydroxyl groups is 1. The van der Waals surface area contributed by atoms with Gasteiger partial charge in [0.05, 0.1) is 27.9 Å². The van der Waals surface area contributed by atoms with Crippen molar-refractivity contribution in [3.05, 3.63) is 76.9 Å². The van der Waals surface area contributed by atoms with Crippen molar-refractivity contribution in [2.45, 2.75) is 18.8 Å². The van der Waals surface area contributed by atoms with E-state index in [9.17, 15) is 5.11 Å². The highest BCUT2D eigenvalue weighted by molar-refractivity contribution is 5.56. The number of fused-ring (bicyclic) bond motifs is 1. The number of hydrogen-bond acceptors (Lipinski definition) is 5. The fourth-order valence-corrected chi connectivity index (χ4v) is 4.22. The number of methoxy groups -OCH3 is 3. The molecule has 0 unspecified atom stereocenters. The van der Waals surface area contributed by atoms with Crippen molar-refractivity contribution in [2.75, 3.05) is 27.9 Å². The highest BCUT2D eigenvalue weighted by Crippen LogP contribution is 2.49. The Kier molecular flexibility index (Phi) is 5.44. The van der Waals surface area contributed by atoms with Crippen molar-refractivity contribution in [1.82, 2.24) is 0 Å². The maximum Gasteiger partial charge on any atom is 0.160 e. The van der Waals surface area contributed by atoms with E-state index < -0.39 is 0 Å². The topological polar surface area (TPSA) is 57.2 Å². The predicted octanol–water partition coefficient (Wildman–Crippen LogP) is 5.03. The molecule has 0 spiro atoms. The molecule has 1 N–H and O–H groups in total. The molecular formula is C25H26O5. The van der Waals surface area contributed by atoms with E-state index in [0.29, 0.717) is 18.1 Å². The van der Waals surface area contributed by atoms with E-state index >= 15 is 0 Å². The van der Waals surface area contributed by atoms with Gasteiger partial charge in [-0.2, -0.15) is 0 Å². The van der Waals surface area contributed by atoms with E-state index in [-0.39, 0.29) is 17.6 Å². The van der Waals surface area contributed by atoms with Crippen LogP contribution < -0.4 is 18.9 Å². The van der Waals surface area contributed by atoms with Gasteiger partial charge in [-0.1, -0.05) is 24.3 Å². The molecule has 0 aliphatic carbocycles. The van der Waals surface area contributed by atoms with Gasteiger partial charge in [0, 0.05) is 23.0 Å². The summed E-state index contributed by atoms with van der Waals surface area (Å²) in [6.07, 6.45) is 0. The number of benzene rings is 3. The second kappa shape index (κ2) is 8.19. The van der Waals surface area contributed by atoms with Crippen molar-refractivity contribution in [3.63, 3.8) is 0 Å². The minimum Gasteiger partial charge on any atom is -0.508 e.